The van der Waals surface area contributed by atoms with Crippen molar-refractivity contribution in [3.05, 3.63) is 57.1 Å². The van der Waals surface area contributed by atoms with Crippen LogP contribution in [0.1, 0.15) is 23.8 Å². The van der Waals surface area contributed by atoms with E-state index in [1.54, 1.807) is 30.2 Å². The SMILES string of the molecule is C=C(C)CSc1nc2c(=O)c3c(sc2n1-c1ccc(OC)cc1)CCC3. The minimum absolute atomic E-state index is 0.107. The Kier molecular flexibility index (Phi) is 4.63. The van der Waals surface area contributed by atoms with Crippen LogP contribution in [0.2, 0.25) is 0 Å². The Hall–Kier alpha value is -2.05. The lowest BCUT2D eigenvalue weighted by atomic mass is 10.2. The number of rotatable bonds is 5. The van der Waals surface area contributed by atoms with Crippen molar-refractivity contribution in [1.82, 2.24) is 9.55 Å². The molecule has 2 aromatic heterocycles. The van der Waals surface area contributed by atoms with Crippen LogP contribution in [0.15, 0.2) is 46.4 Å². The molecule has 1 aliphatic carbocycles. The van der Waals surface area contributed by atoms with Gasteiger partial charge in [-0.3, -0.25) is 9.36 Å². The average Bonchev–Trinajstić information content (AvgIpc) is 3.25. The summed E-state index contributed by atoms with van der Waals surface area (Å²) in [5, 5.41) is 0.838. The zero-order valence-corrected chi connectivity index (χ0v) is 16.5. The third-order valence-corrected chi connectivity index (χ3v) is 6.89. The molecule has 0 N–H and O–H groups in total. The highest BCUT2D eigenvalue weighted by molar-refractivity contribution is 7.99. The monoisotopic (exact) mass is 384 g/mol. The number of aryl methyl sites for hydroxylation is 1. The summed E-state index contributed by atoms with van der Waals surface area (Å²) in [7, 11) is 1.66. The fourth-order valence-corrected chi connectivity index (χ4v) is 5.43. The first-order chi connectivity index (χ1) is 12.6. The smallest absolute Gasteiger partial charge is 0.211 e. The molecule has 0 spiro atoms. The molecule has 0 amide bonds. The highest BCUT2D eigenvalue weighted by atomic mass is 32.2. The first-order valence-corrected chi connectivity index (χ1v) is 10.4. The Labute approximate surface area is 160 Å². The molecule has 26 heavy (non-hydrogen) atoms. The quantitative estimate of drug-likeness (QED) is 0.476. The van der Waals surface area contributed by atoms with Gasteiger partial charge in [-0.2, -0.15) is 0 Å². The van der Waals surface area contributed by atoms with Crippen molar-refractivity contribution >= 4 is 33.4 Å². The minimum Gasteiger partial charge on any atom is -0.497 e. The second kappa shape index (κ2) is 6.93. The number of ether oxygens (including phenoxy) is 1. The number of thioether (sulfide) groups is 1. The maximum absolute atomic E-state index is 12.9. The second-order valence-corrected chi connectivity index (χ2v) is 8.54. The van der Waals surface area contributed by atoms with E-state index in [2.05, 4.69) is 11.1 Å². The van der Waals surface area contributed by atoms with E-state index in [1.807, 2.05) is 31.2 Å². The highest BCUT2D eigenvalue weighted by Crippen LogP contribution is 2.34. The number of hydrogen-bond acceptors (Lipinski definition) is 5. The fraction of sp³-hybridized carbons (Fsp3) is 0.300. The minimum atomic E-state index is 0.107. The first kappa shape index (κ1) is 17.4. The Morgan fingerprint density at radius 2 is 2.12 bits per heavy atom. The van der Waals surface area contributed by atoms with Gasteiger partial charge in [-0.25, -0.2) is 4.98 Å². The maximum Gasteiger partial charge on any atom is 0.211 e. The van der Waals surface area contributed by atoms with Crippen LogP contribution in [0.4, 0.5) is 0 Å². The van der Waals surface area contributed by atoms with Gasteiger partial charge in [0.2, 0.25) is 5.43 Å². The fourth-order valence-electron chi connectivity index (χ4n) is 3.20. The van der Waals surface area contributed by atoms with Crippen LogP contribution in [0.25, 0.3) is 16.0 Å². The van der Waals surface area contributed by atoms with Crippen molar-refractivity contribution in [3.8, 4) is 11.4 Å². The van der Waals surface area contributed by atoms with Gasteiger partial charge in [0, 0.05) is 21.9 Å². The molecule has 0 aliphatic heterocycles. The Bertz CT molecular complexity index is 1050. The van der Waals surface area contributed by atoms with Crippen molar-refractivity contribution in [2.24, 2.45) is 0 Å². The van der Waals surface area contributed by atoms with Crippen LogP contribution in [0.3, 0.4) is 0 Å². The molecule has 4 rings (SSSR count). The van der Waals surface area contributed by atoms with E-state index in [4.69, 9.17) is 9.72 Å². The zero-order chi connectivity index (χ0) is 18.3. The normalized spacial score (nSPS) is 13.2. The molecule has 0 bridgehead atoms. The van der Waals surface area contributed by atoms with E-state index in [1.165, 1.54) is 4.88 Å². The summed E-state index contributed by atoms with van der Waals surface area (Å²) in [5.41, 5.74) is 3.74. The molecule has 0 saturated carbocycles. The average molecular weight is 385 g/mol. The number of imidazole rings is 1. The summed E-state index contributed by atoms with van der Waals surface area (Å²) in [6.07, 6.45) is 2.94. The summed E-state index contributed by atoms with van der Waals surface area (Å²) in [6, 6.07) is 7.89. The van der Waals surface area contributed by atoms with Gasteiger partial charge >= 0.3 is 0 Å². The van der Waals surface area contributed by atoms with Crippen molar-refractivity contribution < 1.29 is 4.74 Å². The van der Waals surface area contributed by atoms with E-state index >= 15 is 0 Å². The van der Waals surface area contributed by atoms with E-state index in [0.29, 0.717) is 5.52 Å². The maximum atomic E-state index is 12.9. The molecule has 0 radical (unpaired) electrons. The third kappa shape index (κ3) is 2.97. The van der Waals surface area contributed by atoms with E-state index < -0.39 is 0 Å². The van der Waals surface area contributed by atoms with Gasteiger partial charge in [0.25, 0.3) is 0 Å². The first-order valence-electron chi connectivity index (χ1n) is 8.57. The molecule has 2 heterocycles. The molecule has 134 valence electrons. The topological polar surface area (TPSA) is 44.1 Å². The number of aromatic nitrogens is 2. The summed E-state index contributed by atoms with van der Waals surface area (Å²) >= 11 is 3.33. The van der Waals surface area contributed by atoms with Crippen molar-refractivity contribution in [1.29, 1.82) is 0 Å². The van der Waals surface area contributed by atoms with Crippen LogP contribution in [-0.4, -0.2) is 22.4 Å². The van der Waals surface area contributed by atoms with Gasteiger partial charge in [-0.05, 0) is 50.5 Å². The largest absolute Gasteiger partial charge is 0.497 e. The molecular formula is C20H20N2O2S2. The molecule has 1 aromatic carbocycles. The molecule has 3 aromatic rings. The number of benzene rings is 1. The predicted octanol–water partition coefficient (Wildman–Crippen LogP) is 4.61. The number of fused-ring (bicyclic) bond motifs is 2. The number of hydrogen-bond donors (Lipinski definition) is 0. The summed E-state index contributed by atoms with van der Waals surface area (Å²) in [4.78, 5) is 19.8. The van der Waals surface area contributed by atoms with E-state index in [-0.39, 0.29) is 5.43 Å². The van der Waals surface area contributed by atoms with Gasteiger partial charge < -0.3 is 4.74 Å². The third-order valence-electron chi connectivity index (χ3n) is 4.46. The lowest BCUT2D eigenvalue weighted by Crippen LogP contribution is -2.07. The van der Waals surface area contributed by atoms with Gasteiger partial charge in [-0.15, -0.1) is 11.3 Å². The highest BCUT2D eigenvalue weighted by Gasteiger charge is 2.23. The van der Waals surface area contributed by atoms with Crippen molar-refractivity contribution in [3.63, 3.8) is 0 Å². The van der Waals surface area contributed by atoms with Crippen LogP contribution in [-0.2, 0) is 12.8 Å². The summed E-state index contributed by atoms with van der Waals surface area (Å²) in [5.74, 6) is 1.58. The Balaban J connectivity index is 1.94. The number of methoxy groups -OCH3 is 1. The molecule has 0 atom stereocenters. The van der Waals surface area contributed by atoms with Crippen molar-refractivity contribution in [2.75, 3.05) is 12.9 Å². The molecule has 1 aliphatic rings. The zero-order valence-electron chi connectivity index (χ0n) is 14.9. The Morgan fingerprint density at radius 1 is 1.35 bits per heavy atom. The van der Waals surface area contributed by atoms with Crippen LogP contribution in [0.5, 0.6) is 5.75 Å². The predicted molar refractivity (Wildman–Crippen MR) is 109 cm³/mol. The van der Waals surface area contributed by atoms with Crippen molar-refractivity contribution in [2.45, 2.75) is 31.3 Å². The van der Waals surface area contributed by atoms with Crippen LogP contribution in [0, 0.1) is 0 Å². The summed E-state index contributed by atoms with van der Waals surface area (Å²) in [6.45, 7) is 5.99. The van der Waals surface area contributed by atoms with Gasteiger partial charge in [0.1, 0.15) is 16.1 Å². The molecule has 0 unspecified atom stereocenters. The molecule has 6 heteroatoms. The van der Waals surface area contributed by atoms with Gasteiger partial charge in [-0.1, -0.05) is 23.9 Å². The lowest BCUT2D eigenvalue weighted by Gasteiger charge is -2.10. The second-order valence-electron chi connectivity index (χ2n) is 6.51. The molecule has 4 nitrogen and oxygen atoms in total. The number of nitrogens with zero attached hydrogens (tertiary/aromatic N) is 2. The van der Waals surface area contributed by atoms with E-state index in [0.717, 1.165) is 57.6 Å². The standard InChI is InChI=1S/C20H20N2O2S2/c1-12(2)11-25-20-21-17-18(23)15-5-4-6-16(15)26-19(17)22(20)13-7-9-14(24-3)10-8-13/h7-10H,1,4-6,11H2,2-3H3. The molecular weight excluding hydrogens is 364 g/mol. The molecule has 0 fully saturated rings. The lowest BCUT2D eigenvalue weighted by molar-refractivity contribution is 0.414. The van der Waals surface area contributed by atoms with E-state index in [9.17, 15) is 4.79 Å². The summed E-state index contributed by atoms with van der Waals surface area (Å²) < 4.78 is 7.38. The van der Waals surface area contributed by atoms with Crippen LogP contribution < -0.4 is 10.2 Å². The van der Waals surface area contributed by atoms with Gasteiger partial charge in [0.05, 0.1) is 7.11 Å². The Morgan fingerprint density at radius 3 is 2.81 bits per heavy atom. The molecule has 0 saturated heterocycles. The van der Waals surface area contributed by atoms with Crippen LogP contribution >= 0.6 is 23.1 Å². The van der Waals surface area contributed by atoms with Gasteiger partial charge in [0.15, 0.2) is 5.16 Å².